The number of aryl methyl sites for hydroxylation is 2. The van der Waals surface area contributed by atoms with E-state index in [0.29, 0.717) is 5.16 Å². The number of anilines is 1. The molecule has 1 aromatic carbocycles. The summed E-state index contributed by atoms with van der Waals surface area (Å²) in [5.41, 5.74) is 1.49. The van der Waals surface area contributed by atoms with Crippen molar-refractivity contribution in [3.05, 3.63) is 41.7 Å². The summed E-state index contributed by atoms with van der Waals surface area (Å²) in [6.07, 6.45) is -4.83. The van der Waals surface area contributed by atoms with Crippen molar-refractivity contribution in [3.63, 3.8) is 0 Å². The first-order valence-electron chi connectivity index (χ1n) is 6.82. The van der Waals surface area contributed by atoms with Crippen LogP contribution in [0.2, 0.25) is 0 Å². The standard InChI is InChI=1S/C15H14F3N3O2S/c1-9-7-10(2)20-14(19-9)24-8-13(22)21-11-5-3-4-6-12(11)23-15(16,17)18/h3-7H,8H2,1-2H3,(H,21,22). The Labute approximate surface area is 140 Å². The molecule has 5 nitrogen and oxygen atoms in total. The highest BCUT2D eigenvalue weighted by atomic mass is 32.2. The Morgan fingerprint density at radius 2 is 1.83 bits per heavy atom. The smallest absolute Gasteiger partial charge is 0.404 e. The minimum atomic E-state index is -4.83. The molecule has 0 aliphatic carbocycles. The lowest BCUT2D eigenvalue weighted by Crippen LogP contribution is -2.20. The van der Waals surface area contributed by atoms with Crippen LogP contribution in [-0.4, -0.2) is 28.0 Å². The Morgan fingerprint density at radius 3 is 2.46 bits per heavy atom. The molecule has 9 heteroatoms. The van der Waals surface area contributed by atoms with E-state index in [2.05, 4.69) is 20.0 Å². The molecular weight excluding hydrogens is 343 g/mol. The van der Waals surface area contributed by atoms with E-state index in [0.717, 1.165) is 29.2 Å². The van der Waals surface area contributed by atoms with Crippen LogP contribution in [0, 0.1) is 13.8 Å². The fraction of sp³-hybridized carbons (Fsp3) is 0.267. The summed E-state index contributed by atoms with van der Waals surface area (Å²) in [5, 5.41) is 2.83. The maximum atomic E-state index is 12.3. The zero-order valence-electron chi connectivity index (χ0n) is 12.8. The van der Waals surface area contributed by atoms with Crippen molar-refractivity contribution in [1.29, 1.82) is 0 Å². The Bertz CT molecular complexity index is 718. The third kappa shape index (κ3) is 5.73. The SMILES string of the molecule is Cc1cc(C)nc(SCC(=O)Nc2ccccc2OC(F)(F)F)n1. The zero-order valence-corrected chi connectivity index (χ0v) is 13.7. The molecule has 0 aliphatic heterocycles. The molecule has 128 valence electrons. The van der Waals surface area contributed by atoms with Gasteiger partial charge < -0.3 is 10.1 Å². The first-order chi connectivity index (χ1) is 11.2. The van der Waals surface area contributed by atoms with Gasteiger partial charge in [-0.15, -0.1) is 13.2 Å². The number of alkyl halides is 3. The number of amides is 1. The number of aromatic nitrogens is 2. The second-order valence-electron chi connectivity index (χ2n) is 4.81. The number of rotatable bonds is 5. The van der Waals surface area contributed by atoms with E-state index in [1.807, 2.05) is 13.8 Å². The van der Waals surface area contributed by atoms with Crippen molar-refractivity contribution in [3.8, 4) is 5.75 Å². The Hall–Kier alpha value is -2.29. The maximum Gasteiger partial charge on any atom is 0.573 e. The van der Waals surface area contributed by atoms with Gasteiger partial charge in [0.25, 0.3) is 0 Å². The van der Waals surface area contributed by atoms with Crippen molar-refractivity contribution in [2.24, 2.45) is 0 Å². The lowest BCUT2D eigenvalue weighted by atomic mass is 10.3. The molecule has 0 unspecified atom stereocenters. The number of carbonyl (C=O) groups excluding carboxylic acids is 1. The summed E-state index contributed by atoms with van der Waals surface area (Å²) in [6.45, 7) is 3.62. The number of ether oxygens (including phenoxy) is 1. The van der Waals surface area contributed by atoms with Gasteiger partial charge in [0.2, 0.25) is 5.91 Å². The number of hydrogen-bond donors (Lipinski definition) is 1. The van der Waals surface area contributed by atoms with E-state index >= 15 is 0 Å². The summed E-state index contributed by atoms with van der Waals surface area (Å²) in [5.74, 6) is -0.990. The minimum absolute atomic E-state index is 0.0384. The van der Waals surface area contributed by atoms with Gasteiger partial charge in [-0.2, -0.15) is 0 Å². The highest BCUT2D eigenvalue weighted by molar-refractivity contribution is 7.99. The van der Waals surface area contributed by atoms with E-state index in [1.54, 1.807) is 6.07 Å². The van der Waals surface area contributed by atoms with E-state index in [9.17, 15) is 18.0 Å². The molecule has 0 radical (unpaired) electrons. The van der Waals surface area contributed by atoms with Crippen LogP contribution < -0.4 is 10.1 Å². The van der Waals surface area contributed by atoms with Crippen LogP contribution in [0.5, 0.6) is 5.75 Å². The fourth-order valence-corrected chi connectivity index (χ4v) is 2.61. The van der Waals surface area contributed by atoms with Gasteiger partial charge in [-0.3, -0.25) is 4.79 Å². The normalized spacial score (nSPS) is 11.2. The summed E-state index contributed by atoms with van der Waals surface area (Å²) >= 11 is 1.10. The molecule has 0 saturated heterocycles. The number of nitrogens with zero attached hydrogens (tertiary/aromatic N) is 2. The van der Waals surface area contributed by atoms with E-state index in [-0.39, 0.29) is 11.4 Å². The molecule has 0 spiro atoms. The van der Waals surface area contributed by atoms with Gasteiger partial charge in [0, 0.05) is 11.4 Å². The zero-order chi connectivity index (χ0) is 17.7. The summed E-state index contributed by atoms with van der Waals surface area (Å²) in [7, 11) is 0. The summed E-state index contributed by atoms with van der Waals surface area (Å²) in [6, 6.07) is 7.14. The molecule has 2 aromatic rings. The second kappa shape index (κ2) is 7.52. The van der Waals surface area contributed by atoms with E-state index in [1.165, 1.54) is 18.2 Å². The van der Waals surface area contributed by atoms with Crippen molar-refractivity contribution in [1.82, 2.24) is 9.97 Å². The van der Waals surface area contributed by atoms with Gasteiger partial charge >= 0.3 is 6.36 Å². The average molecular weight is 357 g/mol. The first kappa shape index (κ1) is 18.1. The number of carbonyl (C=O) groups is 1. The third-order valence-electron chi connectivity index (χ3n) is 2.68. The molecule has 0 aliphatic rings. The van der Waals surface area contributed by atoms with Gasteiger partial charge in [0.05, 0.1) is 11.4 Å². The number of benzene rings is 1. The monoisotopic (exact) mass is 357 g/mol. The van der Waals surface area contributed by atoms with Crippen molar-refractivity contribution < 1.29 is 22.7 Å². The van der Waals surface area contributed by atoms with Crippen molar-refractivity contribution in [2.75, 3.05) is 11.1 Å². The predicted octanol–water partition coefficient (Wildman–Crippen LogP) is 3.72. The Morgan fingerprint density at radius 1 is 1.21 bits per heavy atom. The first-order valence-corrected chi connectivity index (χ1v) is 7.81. The van der Waals surface area contributed by atoms with Gasteiger partial charge in [-0.25, -0.2) is 9.97 Å². The van der Waals surface area contributed by atoms with Gasteiger partial charge in [-0.1, -0.05) is 23.9 Å². The number of halogens is 3. The maximum absolute atomic E-state index is 12.3. The molecule has 24 heavy (non-hydrogen) atoms. The van der Waals surface area contributed by atoms with Crippen LogP contribution in [-0.2, 0) is 4.79 Å². The van der Waals surface area contributed by atoms with Crippen LogP contribution in [0.15, 0.2) is 35.5 Å². The number of thioether (sulfide) groups is 1. The Balaban J connectivity index is 2.00. The molecule has 0 fully saturated rings. The largest absolute Gasteiger partial charge is 0.573 e. The van der Waals surface area contributed by atoms with Crippen LogP contribution >= 0.6 is 11.8 Å². The van der Waals surface area contributed by atoms with E-state index < -0.39 is 18.0 Å². The van der Waals surface area contributed by atoms with Gasteiger partial charge in [0.1, 0.15) is 0 Å². The molecule has 0 saturated carbocycles. The number of hydrogen-bond acceptors (Lipinski definition) is 5. The molecule has 1 heterocycles. The highest BCUT2D eigenvalue weighted by Gasteiger charge is 2.32. The molecule has 1 amide bonds. The quantitative estimate of drug-likeness (QED) is 0.653. The second-order valence-corrected chi connectivity index (χ2v) is 5.76. The van der Waals surface area contributed by atoms with Crippen LogP contribution in [0.25, 0.3) is 0 Å². The minimum Gasteiger partial charge on any atom is -0.404 e. The van der Waals surface area contributed by atoms with Crippen molar-refractivity contribution >= 4 is 23.4 Å². The molecule has 1 N–H and O–H groups in total. The molecule has 2 rings (SSSR count). The average Bonchev–Trinajstić information content (AvgIpc) is 2.45. The molecule has 1 aromatic heterocycles. The van der Waals surface area contributed by atoms with Crippen LogP contribution in [0.4, 0.5) is 18.9 Å². The summed E-state index contributed by atoms with van der Waals surface area (Å²) in [4.78, 5) is 20.3. The lowest BCUT2D eigenvalue weighted by Gasteiger charge is -2.13. The number of nitrogens with one attached hydrogen (secondary N) is 1. The highest BCUT2D eigenvalue weighted by Crippen LogP contribution is 2.30. The lowest BCUT2D eigenvalue weighted by molar-refractivity contribution is -0.274. The van der Waals surface area contributed by atoms with Crippen LogP contribution in [0.3, 0.4) is 0 Å². The summed E-state index contributed by atoms with van der Waals surface area (Å²) < 4.78 is 40.9. The van der Waals surface area contributed by atoms with Gasteiger partial charge in [0.15, 0.2) is 10.9 Å². The number of para-hydroxylation sites is 2. The van der Waals surface area contributed by atoms with E-state index in [4.69, 9.17) is 0 Å². The third-order valence-corrected chi connectivity index (χ3v) is 3.53. The predicted molar refractivity (Wildman–Crippen MR) is 84.0 cm³/mol. The molecule has 0 bridgehead atoms. The fourth-order valence-electron chi connectivity index (χ4n) is 1.86. The Kier molecular flexibility index (Phi) is 5.66. The molecular formula is C15H14F3N3O2S. The van der Waals surface area contributed by atoms with Gasteiger partial charge in [-0.05, 0) is 32.0 Å². The molecule has 0 atom stereocenters. The topological polar surface area (TPSA) is 64.1 Å². The van der Waals surface area contributed by atoms with Crippen molar-refractivity contribution in [2.45, 2.75) is 25.4 Å². The van der Waals surface area contributed by atoms with Crippen LogP contribution in [0.1, 0.15) is 11.4 Å².